The second-order valence-corrected chi connectivity index (χ2v) is 7.17. The first-order chi connectivity index (χ1) is 11.8. The van der Waals surface area contributed by atoms with Gasteiger partial charge in [-0.15, -0.1) is 22.7 Å². The molecule has 0 spiro atoms. The summed E-state index contributed by atoms with van der Waals surface area (Å²) in [5.74, 6) is 0.721. The highest BCUT2D eigenvalue weighted by Crippen LogP contribution is 2.29. The molecule has 6 nitrogen and oxygen atoms in total. The van der Waals surface area contributed by atoms with Crippen LogP contribution in [-0.4, -0.2) is 40.5 Å². The maximum atomic E-state index is 12.9. The fourth-order valence-electron chi connectivity index (χ4n) is 2.55. The lowest BCUT2D eigenvalue weighted by Gasteiger charge is -2.20. The Balaban J connectivity index is 1.63. The highest BCUT2D eigenvalue weighted by molar-refractivity contribution is 7.21. The number of nitrogens with zero attached hydrogens (tertiary/aromatic N) is 3. The third-order valence-corrected chi connectivity index (χ3v) is 5.49. The van der Waals surface area contributed by atoms with Crippen LogP contribution < -0.4 is 0 Å². The van der Waals surface area contributed by atoms with Gasteiger partial charge in [0.25, 0.3) is 5.91 Å². The second kappa shape index (κ2) is 6.39. The van der Waals surface area contributed by atoms with Gasteiger partial charge in [0.1, 0.15) is 10.6 Å². The Labute approximate surface area is 145 Å². The standard InChI is InChI=1S/C16H15N3O3S2/c1-21-7-4-18(10-11-3-2-6-22-11)15(20)13-9-12-14(24-13)17-16-19(12)5-8-23-16/h2-3,5-6,8-9H,4,7,10H2,1H3. The van der Waals surface area contributed by atoms with Crippen molar-refractivity contribution < 1.29 is 13.9 Å². The molecule has 0 aliphatic carbocycles. The molecule has 4 rings (SSSR count). The molecule has 0 aliphatic rings. The van der Waals surface area contributed by atoms with Crippen LogP contribution in [0.25, 0.3) is 15.3 Å². The number of carbonyl (C=O) groups excluding carboxylic acids is 1. The molecule has 0 saturated heterocycles. The number of thiophene rings is 1. The highest BCUT2D eigenvalue weighted by Gasteiger charge is 2.21. The number of carbonyl (C=O) groups is 1. The summed E-state index contributed by atoms with van der Waals surface area (Å²) in [7, 11) is 1.63. The van der Waals surface area contributed by atoms with Gasteiger partial charge in [0, 0.05) is 25.2 Å². The number of thiazole rings is 1. The van der Waals surface area contributed by atoms with Gasteiger partial charge < -0.3 is 14.1 Å². The van der Waals surface area contributed by atoms with Gasteiger partial charge in [0.2, 0.25) is 0 Å². The Kier molecular flexibility index (Phi) is 4.09. The zero-order valence-corrected chi connectivity index (χ0v) is 14.6. The van der Waals surface area contributed by atoms with Crippen molar-refractivity contribution in [3.63, 3.8) is 0 Å². The number of aromatic nitrogens is 2. The first kappa shape index (κ1) is 15.4. The van der Waals surface area contributed by atoms with E-state index < -0.39 is 0 Å². The second-order valence-electron chi connectivity index (χ2n) is 5.27. The molecule has 0 aromatic carbocycles. The average molecular weight is 361 g/mol. The van der Waals surface area contributed by atoms with Crippen LogP contribution in [0.1, 0.15) is 15.4 Å². The highest BCUT2D eigenvalue weighted by atomic mass is 32.1. The Morgan fingerprint density at radius 2 is 2.42 bits per heavy atom. The predicted octanol–water partition coefficient (Wildman–Crippen LogP) is 3.49. The van der Waals surface area contributed by atoms with Crippen molar-refractivity contribution in [2.24, 2.45) is 0 Å². The normalized spacial score (nSPS) is 11.5. The van der Waals surface area contributed by atoms with Crippen molar-refractivity contribution in [2.45, 2.75) is 6.54 Å². The summed E-state index contributed by atoms with van der Waals surface area (Å²) in [6.07, 6.45) is 3.59. The van der Waals surface area contributed by atoms with Gasteiger partial charge in [-0.3, -0.25) is 9.20 Å². The van der Waals surface area contributed by atoms with E-state index in [0.717, 1.165) is 21.1 Å². The van der Waals surface area contributed by atoms with Gasteiger partial charge in [-0.1, -0.05) is 0 Å². The van der Waals surface area contributed by atoms with Crippen LogP contribution in [0.3, 0.4) is 0 Å². The number of hydrogen-bond donors (Lipinski definition) is 0. The molecule has 4 aromatic heterocycles. The number of amides is 1. The number of methoxy groups -OCH3 is 1. The van der Waals surface area contributed by atoms with Crippen molar-refractivity contribution in [2.75, 3.05) is 20.3 Å². The lowest BCUT2D eigenvalue weighted by molar-refractivity contribution is 0.0671. The minimum Gasteiger partial charge on any atom is -0.467 e. The Hall–Kier alpha value is -2.16. The molecule has 0 radical (unpaired) electrons. The molecule has 124 valence electrons. The van der Waals surface area contributed by atoms with Crippen LogP contribution >= 0.6 is 22.7 Å². The van der Waals surface area contributed by atoms with E-state index >= 15 is 0 Å². The molecule has 0 fully saturated rings. The molecule has 24 heavy (non-hydrogen) atoms. The Bertz CT molecular complexity index is 968. The van der Waals surface area contributed by atoms with E-state index in [9.17, 15) is 4.79 Å². The number of ether oxygens (including phenoxy) is 1. The molecule has 0 atom stereocenters. The number of rotatable bonds is 6. The van der Waals surface area contributed by atoms with E-state index in [0.29, 0.717) is 24.6 Å². The van der Waals surface area contributed by atoms with Crippen LogP contribution in [0.2, 0.25) is 0 Å². The summed E-state index contributed by atoms with van der Waals surface area (Å²) in [5.41, 5.74) is 0.976. The van der Waals surface area contributed by atoms with E-state index in [1.54, 1.807) is 29.6 Å². The molecule has 0 unspecified atom stereocenters. The molecule has 4 heterocycles. The van der Waals surface area contributed by atoms with Crippen molar-refractivity contribution in [3.8, 4) is 0 Å². The van der Waals surface area contributed by atoms with E-state index in [1.807, 2.05) is 34.2 Å². The summed E-state index contributed by atoms with van der Waals surface area (Å²) < 4.78 is 12.5. The monoisotopic (exact) mass is 361 g/mol. The van der Waals surface area contributed by atoms with Gasteiger partial charge in [-0.2, -0.15) is 0 Å². The minimum absolute atomic E-state index is 0.0320. The lowest BCUT2D eigenvalue weighted by Crippen LogP contribution is -2.32. The van der Waals surface area contributed by atoms with Gasteiger partial charge >= 0.3 is 0 Å². The third kappa shape index (κ3) is 2.72. The number of fused-ring (bicyclic) bond motifs is 3. The molecule has 1 amide bonds. The topological polar surface area (TPSA) is 60.0 Å². The van der Waals surface area contributed by atoms with E-state index in [-0.39, 0.29) is 5.91 Å². The Morgan fingerprint density at radius 1 is 1.50 bits per heavy atom. The van der Waals surface area contributed by atoms with Crippen molar-refractivity contribution >= 4 is 43.9 Å². The molecular weight excluding hydrogens is 346 g/mol. The van der Waals surface area contributed by atoms with Gasteiger partial charge in [-0.25, -0.2) is 4.98 Å². The molecule has 0 bridgehead atoms. The zero-order chi connectivity index (χ0) is 16.5. The maximum absolute atomic E-state index is 12.9. The van der Waals surface area contributed by atoms with E-state index in [1.165, 1.54) is 11.3 Å². The number of imidazole rings is 1. The van der Waals surface area contributed by atoms with Crippen LogP contribution in [0.15, 0.2) is 40.5 Å². The fraction of sp³-hybridized carbons (Fsp3) is 0.250. The van der Waals surface area contributed by atoms with Gasteiger partial charge in [0.15, 0.2) is 4.96 Å². The van der Waals surface area contributed by atoms with Crippen molar-refractivity contribution in [3.05, 3.63) is 46.7 Å². The summed E-state index contributed by atoms with van der Waals surface area (Å²) in [4.78, 5) is 21.7. The number of hydrogen-bond acceptors (Lipinski definition) is 6. The SMILES string of the molecule is COCCN(Cc1ccco1)C(=O)c1cc2c(nc3sccn32)s1. The molecule has 0 saturated carbocycles. The first-order valence-electron chi connectivity index (χ1n) is 7.42. The third-order valence-electron chi connectivity index (χ3n) is 3.73. The zero-order valence-electron chi connectivity index (χ0n) is 13.0. The predicted molar refractivity (Wildman–Crippen MR) is 93.8 cm³/mol. The molecular formula is C16H15N3O3S2. The van der Waals surface area contributed by atoms with Crippen LogP contribution in [-0.2, 0) is 11.3 Å². The fourth-order valence-corrected chi connectivity index (χ4v) is 4.32. The largest absolute Gasteiger partial charge is 0.467 e. The van der Waals surface area contributed by atoms with Crippen molar-refractivity contribution in [1.29, 1.82) is 0 Å². The minimum atomic E-state index is -0.0320. The summed E-state index contributed by atoms with van der Waals surface area (Å²) in [5, 5.41) is 1.99. The van der Waals surface area contributed by atoms with E-state index in [2.05, 4.69) is 4.98 Å². The Morgan fingerprint density at radius 3 is 3.21 bits per heavy atom. The molecule has 0 N–H and O–H groups in total. The summed E-state index contributed by atoms with van der Waals surface area (Å²) in [6, 6.07) is 5.60. The number of furan rings is 1. The lowest BCUT2D eigenvalue weighted by atomic mass is 10.3. The van der Waals surface area contributed by atoms with Crippen molar-refractivity contribution in [1.82, 2.24) is 14.3 Å². The molecule has 0 aliphatic heterocycles. The van der Waals surface area contributed by atoms with E-state index in [4.69, 9.17) is 9.15 Å². The van der Waals surface area contributed by atoms with Crippen LogP contribution in [0, 0.1) is 0 Å². The maximum Gasteiger partial charge on any atom is 0.264 e. The summed E-state index contributed by atoms with van der Waals surface area (Å²) in [6.45, 7) is 1.41. The average Bonchev–Trinajstić information content (AvgIpc) is 3.32. The summed E-state index contributed by atoms with van der Waals surface area (Å²) >= 11 is 3.01. The van der Waals surface area contributed by atoms with Gasteiger partial charge in [-0.05, 0) is 18.2 Å². The first-order valence-corrected chi connectivity index (χ1v) is 9.11. The van der Waals surface area contributed by atoms with Gasteiger partial charge in [0.05, 0.1) is 29.8 Å². The smallest absolute Gasteiger partial charge is 0.264 e. The molecule has 8 heteroatoms. The quantitative estimate of drug-likeness (QED) is 0.527. The van der Waals surface area contributed by atoms with Crippen LogP contribution in [0.4, 0.5) is 0 Å². The molecule has 4 aromatic rings. The van der Waals surface area contributed by atoms with Crippen LogP contribution in [0.5, 0.6) is 0 Å².